The standard InChI is InChI=1S/C22H28N4/c1-6-15(4)24-21-17(12-11-14(2)3)16(5)18(13-23)22-25-19-9-7-8-10-20(19)26(21)22/h7-10,14-15,24H,6,11-12H2,1-5H3/t15-/m1/s1. The maximum atomic E-state index is 9.84. The highest BCUT2D eigenvalue weighted by molar-refractivity contribution is 5.86. The van der Waals surface area contributed by atoms with Gasteiger partial charge in [0.1, 0.15) is 11.9 Å². The van der Waals surface area contributed by atoms with Gasteiger partial charge in [-0.15, -0.1) is 0 Å². The molecule has 3 aromatic rings. The first kappa shape index (κ1) is 18.3. The van der Waals surface area contributed by atoms with Crippen molar-refractivity contribution >= 4 is 22.5 Å². The first-order chi connectivity index (χ1) is 12.5. The fraction of sp³-hybridized carbons (Fsp3) is 0.455. The van der Waals surface area contributed by atoms with Gasteiger partial charge in [-0.2, -0.15) is 5.26 Å². The number of nitrogens with zero attached hydrogens (tertiary/aromatic N) is 3. The van der Waals surface area contributed by atoms with E-state index in [9.17, 15) is 5.26 Å². The van der Waals surface area contributed by atoms with Crippen LogP contribution in [0.15, 0.2) is 24.3 Å². The Balaban J connectivity index is 2.38. The maximum Gasteiger partial charge on any atom is 0.157 e. The Labute approximate surface area is 155 Å². The highest BCUT2D eigenvalue weighted by atomic mass is 15.1. The molecule has 0 aliphatic heterocycles. The number of anilines is 1. The molecule has 136 valence electrons. The molecule has 26 heavy (non-hydrogen) atoms. The molecule has 0 saturated carbocycles. The van der Waals surface area contributed by atoms with Crippen molar-refractivity contribution in [3.05, 3.63) is 41.0 Å². The molecule has 0 saturated heterocycles. The van der Waals surface area contributed by atoms with Gasteiger partial charge in [-0.05, 0) is 62.3 Å². The number of pyridine rings is 1. The van der Waals surface area contributed by atoms with Crippen molar-refractivity contribution in [2.24, 2.45) is 5.92 Å². The second-order valence-corrected chi connectivity index (χ2v) is 7.58. The maximum absolute atomic E-state index is 9.84. The van der Waals surface area contributed by atoms with E-state index in [4.69, 9.17) is 4.98 Å². The molecule has 0 unspecified atom stereocenters. The summed E-state index contributed by atoms with van der Waals surface area (Å²) in [6.07, 6.45) is 3.09. The fourth-order valence-corrected chi connectivity index (χ4v) is 3.41. The average molecular weight is 348 g/mol. The van der Waals surface area contributed by atoms with Crippen LogP contribution in [0.25, 0.3) is 16.7 Å². The molecule has 0 bridgehead atoms. The second-order valence-electron chi connectivity index (χ2n) is 7.58. The smallest absolute Gasteiger partial charge is 0.157 e. The summed E-state index contributed by atoms with van der Waals surface area (Å²) in [4.78, 5) is 4.78. The molecular formula is C22H28N4. The summed E-state index contributed by atoms with van der Waals surface area (Å²) in [7, 11) is 0. The quantitative estimate of drug-likeness (QED) is 0.643. The number of rotatable bonds is 6. The van der Waals surface area contributed by atoms with Crippen LogP contribution >= 0.6 is 0 Å². The van der Waals surface area contributed by atoms with Gasteiger partial charge in [-0.25, -0.2) is 4.98 Å². The van der Waals surface area contributed by atoms with Gasteiger partial charge in [0.2, 0.25) is 0 Å². The first-order valence-corrected chi connectivity index (χ1v) is 9.57. The van der Waals surface area contributed by atoms with Gasteiger partial charge in [-0.3, -0.25) is 4.40 Å². The van der Waals surface area contributed by atoms with Crippen molar-refractivity contribution < 1.29 is 0 Å². The number of nitriles is 1. The molecular weight excluding hydrogens is 320 g/mol. The minimum Gasteiger partial charge on any atom is -0.368 e. The Morgan fingerprint density at radius 1 is 1.23 bits per heavy atom. The Bertz CT molecular complexity index is 975. The van der Waals surface area contributed by atoms with Crippen LogP contribution in [-0.4, -0.2) is 15.4 Å². The number of para-hydroxylation sites is 2. The number of aromatic nitrogens is 2. The van der Waals surface area contributed by atoms with Crippen molar-refractivity contribution in [3.8, 4) is 6.07 Å². The lowest BCUT2D eigenvalue weighted by atomic mass is 9.96. The van der Waals surface area contributed by atoms with Crippen molar-refractivity contribution in [1.29, 1.82) is 5.26 Å². The van der Waals surface area contributed by atoms with Gasteiger partial charge in [0.25, 0.3) is 0 Å². The predicted octanol–water partition coefficient (Wildman–Crippen LogP) is 5.47. The second kappa shape index (κ2) is 7.37. The summed E-state index contributed by atoms with van der Waals surface area (Å²) in [6, 6.07) is 10.9. The van der Waals surface area contributed by atoms with Crippen LogP contribution < -0.4 is 5.32 Å². The Morgan fingerprint density at radius 3 is 2.62 bits per heavy atom. The van der Waals surface area contributed by atoms with Crippen molar-refractivity contribution in [3.63, 3.8) is 0 Å². The van der Waals surface area contributed by atoms with E-state index in [-0.39, 0.29) is 0 Å². The van der Waals surface area contributed by atoms with Gasteiger partial charge in [0.05, 0.1) is 16.6 Å². The third-order valence-corrected chi connectivity index (χ3v) is 5.20. The normalized spacial score (nSPS) is 12.7. The topological polar surface area (TPSA) is 53.1 Å². The summed E-state index contributed by atoms with van der Waals surface area (Å²) in [6.45, 7) is 10.9. The molecule has 4 heteroatoms. The Morgan fingerprint density at radius 2 is 1.96 bits per heavy atom. The average Bonchev–Trinajstić information content (AvgIpc) is 3.00. The van der Waals surface area contributed by atoms with Crippen LogP contribution in [0.5, 0.6) is 0 Å². The zero-order valence-electron chi connectivity index (χ0n) is 16.4. The van der Waals surface area contributed by atoms with Gasteiger partial charge in [0.15, 0.2) is 5.65 Å². The third-order valence-electron chi connectivity index (χ3n) is 5.20. The molecule has 0 spiro atoms. The zero-order valence-corrected chi connectivity index (χ0v) is 16.4. The van der Waals surface area contributed by atoms with Gasteiger partial charge in [-0.1, -0.05) is 32.9 Å². The molecule has 0 aliphatic carbocycles. The molecule has 2 heterocycles. The van der Waals surface area contributed by atoms with Crippen LogP contribution in [0.4, 0.5) is 5.82 Å². The van der Waals surface area contributed by atoms with Gasteiger partial charge < -0.3 is 5.32 Å². The number of hydrogen-bond donors (Lipinski definition) is 1. The zero-order chi connectivity index (χ0) is 18.8. The first-order valence-electron chi connectivity index (χ1n) is 9.57. The SMILES string of the molecule is CC[C@@H](C)Nc1c(CCC(C)C)c(C)c(C#N)c2nc3ccccc3n12. The van der Waals surface area contributed by atoms with E-state index >= 15 is 0 Å². The number of fused-ring (bicyclic) bond motifs is 3. The van der Waals surface area contributed by atoms with Crippen LogP contribution in [0.1, 0.15) is 57.2 Å². The van der Waals surface area contributed by atoms with E-state index in [1.54, 1.807) is 0 Å². The molecule has 2 aromatic heterocycles. The van der Waals surface area contributed by atoms with E-state index in [0.29, 0.717) is 17.5 Å². The summed E-state index contributed by atoms with van der Waals surface area (Å²) in [5.74, 6) is 1.71. The lowest BCUT2D eigenvalue weighted by Gasteiger charge is -2.22. The molecule has 3 rings (SSSR count). The van der Waals surface area contributed by atoms with Crippen LogP contribution in [0.2, 0.25) is 0 Å². The van der Waals surface area contributed by atoms with Crippen LogP contribution in [0, 0.1) is 24.2 Å². The molecule has 1 atom stereocenters. The molecule has 0 radical (unpaired) electrons. The number of hydrogen-bond acceptors (Lipinski definition) is 3. The molecule has 1 aromatic carbocycles. The number of benzene rings is 1. The summed E-state index contributed by atoms with van der Waals surface area (Å²) in [5.41, 5.74) is 5.72. The van der Waals surface area contributed by atoms with Crippen LogP contribution in [0.3, 0.4) is 0 Å². The largest absolute Gasteiger partial charge is 0.368 e. The molecule has 1 N–H and O–H groups in total. The minimum absolute atomic E-state index is 0.351. The monoisotopic (exact) mass is 348 g/mol. The van der Waals surface area contributed by atoms with Crippen LogP contribution in [-0.2, 0) is 6.42 Å². The van der Waals surface area contributed by atoms with E-state index in [2.05, 4.69) is 56.5 Å². The highest BCUT2D eigenvalue weighted by Gasteiger charge is 2.21. The summed E-state index contributed by atoms with van der Waals surface area (Å²) < 4.78 is 2.16. The highest BCUT2D eigenvalue weighted by Crippen LogP contribution is 2.32. The predicted molar refractivity (Wildman–Crippen MR) is 109 cm³/mol. The minimum atomic E-state index is 0.351. The Hall–Kier alpha value is -2.54. The van der Waals surface area contributed by atoms with Gasteiger partial charge >= 0.3 is 0 Å². The molecule has 0 fully saturated rings. The van der Waals surface area contributed by atoms with E-state index in [1.807, 2.05) is 18.2 Å². The van der Waals surface area contributed by atoms with Crippen molar-refractivity contribution in [1.82, 2.24) is 9.38 Å². The molecule has 4 nitrogen and oxygen atoms in total. The fourth-order valence-electron chi connectivity index (χ4n) is 3.41. The lowest BCUT2D eigenvalue weighted by Crippen LogP contribution is -2.19. The van der Waals surface area contributed by atoms with Crippen molar-refractivity contribution in [2.45, 2.75) is 59.9 Å². The molecule has 0 aliphatic rings. The van der Waals surface area contributed by atoms with Crippen molar-refractivity contribution in [2.75, 3.05) is 5.32 Å². The van der Waals surface area contributed by atoms with Gasteiger partial charge in [0, 0.05) is 6.04 Å². The number of imidazole rings is 1. The third kappa shape index (κ3) is 3.14. The van der Waals surface area contributed by atoms with E-state index in [1.165, 1.54) is 5.56 Å². The summed E-state index contributed by atoms with van der Waals surface area (Å²) in [5, 5.41) is 13.5. The molecule has 0 amide bonds. The lowest BCUT2D eigenvalue weighted by molar-refractivity contribution is 0.585. The number of nitrogens with one attached hydrogen (secondary N) is 1. The van der Waals surface area contributed by atoms with E-state index in [0.717, 1.165) is 47.3 Å². The van der Waals surface area contributed by atoms with E-state index < -0.39 is 0 Å². The summed E-state index contributed by atoms with van der Waals surface area (Å²) >= 11 is 0. The Kier molecular flexibility index (Phi) is 5.18.